The van der Waals surface area contributed by atoms with Crippen molar-refractivity contribution < 1.29 is 14.3 Å². The van der Waals surface area contributed by atoms with Gasteiger partial charge < -0.3 is 20.1 Å². The highest BCUT2D eigenvalue weighted by atomic mass is 16.7. The maximum absolute atomic E-state index is 11.8. The van der Waals surface area contributed by atoms with Gasteiger partial charge in [-0.3, -0.25) is 4.79 Å². The SMILES string of the molecule is O=C(Nc1cccc(NCc2cccc3c2OCO3)c1)C1CC1. The van der Waals surface area contributed by atoms with Crippen molar-refractivity contribution in [2.75, 3.05) is 17.4 Å². The van der Waals surface area contributed by atoms with Crippen molar-refractivity contribution in [2.45, 2.75) is 19.4 Å². The Balaban J connectivity index is 1.43. The zero-order chi connectivity index (χ0) is 15.6. The highest BCUT2D eigenvalue weighted by molar-refractivity contribution is 5.94. The second-order valence-corrected chi connectivity index (χ2v) is 5.85. The average Bonchev–Trinajstić information content (AvgIpc) is 3.31. The van der Waals surface area contributed by atoms with Gasteiger partial charge in [-0.2, -0.15) is 0 Å². The van der Waals surface area contributed by atoms with E-state index in [9.17, 15) is 4.79 Å². The van der Waals surface area contributed by atoms with Crippen molar-refractivity contribution in [1.29, 1.82) is 0 Å². The maximum atomic E-state index is 11.8. The molecule has 0 bridgehead atoms. The Hall–Kier alpha value is -2.69. The van der Waals surface area contributed by atoms with Crippen LogP contribution in [0.2, 0.25) is 0 Å². The second-order valence-electron chi connectivity index (χ2n) is 5.85. The largest absolute Gasteiger partial charge is 0.454 e. The average molecular weight is 310 g/mol. The first kappa shape index (κ1) is 13.9. The number of benzene rings is 2. The van der Waals surface area contributed by atoms with Gasteiger partial charge in [0.2, 0.25) is 12.7 Å². The molecule has 2 aliphatic rings. The number of ether oxygens (including phenoxy) is 2. The van der Waals surface area contributed by atoms with Crippen LogP contribution in [0, 0.1) is 5.92 Å². The van der Waals surface area contributed by atoms with Crippen molar-refractivity contribution in [3.63, 3.8) is 0 Å². The van der Waals surface area contributed by atoms with Gasteiger partial charge in [0.25, 0.3) is 0 Å². The van der Waals surface area contributed by atoms with Gasteiger partial charge in [0.05, 0.1) is 0 Å². The minimum atomic E-state index is 0.119. The van der Waals surface area contributed by atoms with Crippen molar-refractivity contribution in [1.82, 2.24) is 0 Å². The minimum Gasteiger partial charge on any atom is -0.454 e. The van der Waals surface area contributed by atoms with Crippen molar-refractivity contribution in [2.24, 2.45) is 5.92 Å². The summed E-state index contributed by atoms with van der Waals surface area (Å²) < 4.78 is 10.9. The number of carbonyl (C=O) groups is 1. The molecule has 23 heavy (non-hydrogen) atoms. The van der Waals surface area contributed by atoms with E-state index in [0.717, 1.165) is 41.3 Å². The lowest BCUT2D eigenvalue weighted by Crippen LogP contribution is -2.13. The van der Waals surface area contributed by atoms with E-state index in [-0.39, 0.29) is 18.6 Å². The van der Waals surface area contributed by atoms with Crippen molar-refractivity contribution in [3.8, 4) is 11.5 Å². The van der Waals surface area contributed by atoms with Gasteiger partial charge in [0.1, 0.15) is 0 Å². The van der Waals surface area contributed by atoms with Crippen molar-refractivity contribution >= 4 is 17.3 Å². The third-order valence-electron chi connectivity index (χ3n) is 4.04. The first-order valence-electron chi connectivity index (χ1n) is 7.82. The van der Waals surface area contributed by atoms with Crippen LogP contribution >= 0.6 is 0 Å². The summed E-state index contributed by atoms with van der Waals surface area (Å²) in [6.45, 7) is 0.904. The zero-order valence-electron chi connectivity index (χ0n) is 12.7. The van der Waals surface area contributed by atoms with Crippen LogP contribution in [-0.4, -0.2) is 12.7 Å². The molecule has 118 valence electrons. The summed E-state index contributed by atoms with van der Waals surface area (Å²) in [6.07, 6.45) is 2.01. The number of hydrogen-bond donors (Lipinski definition) is 2. The molecule has 2 aromatic rings. The molecule has 0 saturated heterocycles. The number of rotatable bonds is 5. The molecule has 0 unspecified atom stereocenters. The van der Waals surface area contributed by atoms with E-state index >= 15 is 0 Å². The lowest BCUT2D eigenvalue weighted by molar-refractivity contribution is -0.117. The molecule has 4 rings (SSSR count). The number of carbonyl (C=O) groups excluding carboxylic acids is 1. The highest BCUT2D eigenvalue weighted by Gasteiger charge is 2.29. The van der Waals surface area contributed by atoms with Gasteiger partial charge in [0.15, 0.2) is 11.5 Å². The van der Waals surface area contributed by atoms with Gasteiger partial charge in [-0.1, -0.05) is 18.2 Å². The Bertz CT molecular complexity index is 741. The standard InChI is InChI=1S/C18H18N2O3/c21-18(12-7-8-12)20-15-5-2-4-14(9-15)19-10-13-3-1-6-16-17(13)23-11-22-16/h1-6,9,12,19H,7-8,10-11H2,(H,20,21). The summed E-state index contributed by atoms with van der Waals surface area (Å²) >= 11 is 0. The number of amides is 1. The number of hydrogen-bond acceptors (Lipinski definition) is 4. The van der Waals surface area contributed by atoms with Crippen LogP contribution in [0.15, 0.2) is 42.5 Å². The van der Waals surface area contributed by atoms with E-state index < -0.39 is 0 Å². The third kappa shape index (κ3) is 3.08. The quantitative estimate of drug-likeness (QED) is 0.889. The van der Waals surface area contributed by atoms with E-state index in [1.54, 1.807) is 0 Å². The van der Waals surface area contributed by atoms with Crippen LogP contribution in [0.3, 0.4) is 0 Å². The molecular formula is C18H18N2O3. The molecular weight excluding hydrogens is 292 g/mol. The van der Waals surface area contributed by atoms with E-state index in [4.69, 9.17) is 9.47 Å². The summed E-state index contributed by atoms with van der Waals surface area (Å²) in [5.41, 5.74) is 2.83. The molecule has 5 nitrogen and oxygen atoms in total. The number of nitrogens with one attached hydrogen (secondary N) is 2. The van der Waals surface area contributed by atoms with Crippen LogP contribution in [0.4, 0.5) is 11.4 Å². The summed E-state index contributed by atoms with van der Waals surface area (Å²) in [4.78, 5) is 11.8. The summed E-state index contributed by atoms with van der Waals surface area (Å²) in [5, 5.41) is 6.32. The Labute approximate surface area is 134 Å². The topological polar surface area (TPSA) is 59.6 Å². The second kappa shape index (κ2) is 5.83. The predicted octanol–water partition coefficient (Wildman–Crippen LogP) is 3.38. The maximum Gasteiger partial charge on any atom is 0.231 e. The molecule has 1 aliphatic carbocycles. The van der Waals surface area contributed by atoms with Crippen LogP contribution in [0.25, 0.3) is 0 Å². The Morgan fingerprint density at radius 3 is 2.78 bits per heavy atom. The smallest absolute Gasteiger partial charge is 0.231 e. The summed E-state index contributed by atoms with van der Waals surface area (Å²) in [6, 6.07) is 13.6. The molecule has 1 amide bonds. The lowest BCUT2D eigenvalue weighted by Gasteiger charge is -2.11. The Morgan fingerprint density at radius 2 is 1.91 bits per heavy atom. The first-order chi connectivity index (χ1) is 11.3. The van der Waals surface area contributed by atoms with E-state index in [2.05, 4.69) is 10.6 Å². The van der Waals surface area contributed by atoms with Crippen LogP contribution in [-0.2, 0) is 11.3 Å². The summed E-state index contributed by atoms with van der Waals surface area (Å²) in [7, 11) is 0. The third-order valence-corrected chi connectivity index (χ3v) is 4.04. The molecule has 1 aliphatic heterocycles. The molecule has 2 aromatic carbocycles. The van der Waals surface area contributed by atoms with Gasteiger partial charge >= 0.3 is 0 Å². The molecule has 1 fully saturated rings. The highest BCUT2D eigenvalue weighted by Crippen LogP contribution is 2.35. The molecule has 1 saturated carbocycles. The van der Waals surface area contributed by atoms with Crippen LogP contribution < -0.4 is 20.1 Å². The lowest BCUT2D eigenvalue weighted by atomic mass is 10.2. The Morgan fingerprint density at radius 1 is 1.09 bits per heavy atom. The fourth-order valence-corrected chi connectivity index (χ4v) is 2.62. The van der Waals surface area contributed by atoms with E-state index in [1.165, 1.54) is 0 Å². The molecule has 0 atom stereocenters. The van der Waals surface area contributed by atoms with Crippen LogP contribution in [0.5, 0.6) is 11.5 Å². The van der Waals surface area contributed by atoms with Crippen molar-refractivity contribution in [3.05, 3.63) is 48.0 Å². The molecule has 5 heteroatoms. The molecule has 0 aromatic heterocycles. The zero-order valence-corrected chi connectivity index (χ0v) is 12.7. The van der Waals surface area contributed by atoms with Gasteiger partial charge in [0, 0.05) is 29.4 Å². The Kier molecular flexibility index (Phi) is 3.54. The number of fused-ring (bicyclic) bond motifs is 1. The molecule has 1 heterocycles. The van der Waals surface area contributed by atoms with Gasteiger partial charge in [-0.25, -0.2) is 0 Å². The van der Waals surface area contributed by atoms with Gasteiger partial charge in [-0.15, -0.1) is 0 Å². The first-order valence-corrected chi connectivity index (χ1v) is 7.82. The normalized spacial score (nSPS) is 15.3. The van der Waals surface area contributed by atoms with Crippen LogP contribution in [0.1, 0.15) is 18.4 Å². The summed E-state index contributed by atoms with van der Waals surface area (Å²) in [5.74, 6) is 1.91. The van der Waals surface area contributed by atoms with Gasteiger partial charge in [-0.05, 0) is 37.1 Å². The van der Waals surface area contributed by atoms with E-state index in [0.29, 0.717) is 6.54 Å². The predicted molar refractivity (Wildman–Crippen MR) is 87.7 cm³/mol. The molecule has 0 radical (unpaired) electrons. The number of anilines is 2. The van der Waals surface area contributed by atoms with E-state index in [1.807, 2.05) is 42.5 Å². The minimum absolute atomic E-state index is 0.119. The molecule has 2 N–H and O–H groups in total. The molecule has 0 spiro atoms. The monoisotopic (exact) mass is 310 g/mol. The number of para-hydroxylation sites is 1. The fraction of sp³-hybridized carbons (Fsp3) is 0.278. The fourth-order valence-electron chi connectivity index (χ4n) is 2.62.